The number of carboxylic acid groups (broad SMARTS) is 1. The first-order chi connectivity index (χ1) is 6.38. The maximum Gasteiger partial charge on any atom is 0.436 e. The van der Waals surface area contributed by atoms with Gasteiger partial charge in [-0.25, -0.2) is 4.79 Å². The summed E-state index contributed by atoms with van der Waals surface area (Å²) in [5, 5.41) is 13.6. The van der Waals surface area contributed by atoms with Gasteiger partial charge in [0.15, 0.2) is 5.69 Å². The maximum absolute atomic E-state index is 12.2. The zero-order chi connectivity index (χ0) is 10.9. The van der Waals surface area contributed by atoms with E-state index < -0.39 is 23.4 Å². The minimum atomic E-state index is -4.74. The zero-order valence-corrected chi connectivity index (χ0v) is 7.14. The molecule has 0 saturated carbocycles. The van der Waals surface area contributed by atoms with Crippen LogP contribution in [0.4, 0.5) is 13.2 Å². The number of aromatic amines is 1. The molecule has 0 aromatic carbocycles. The Morgan fingerprint density at radius 3 is 2.50 bits per heavy atom. The number of aromatic nitrogens is 2. The van der Waals surface area contributed by atoms with Crippen LogP contribution in [0.2, 0.25) is 0 Å². The number of aryl methyl sites for hydroxylation is 1. The summed E-state index contributed by atoms with van der Waals surface area (Å²) < 4.78 is 36.6. The van der Waals surface area contributed by atoms with Gasteiger partial charge in [-0.05, 0) is 6.42 Å². The molecule has 0 fully saturated rings. The van der Waals surface area contributed by atoms with Crippen LogP contribution in [0.3, 0.4) is 0 Å². The number of rotatable bonds is 2. The monoisotopic (exact) mass is 208 g/mol. The fraction of sp³-hybridized carbons (Fsp3) is 0.429. The van der Waals surface area contributed by atoms with E-state index in [4.69, 9.17) is 5.11 Å². The summed E-state index contributed by atoms with van der Waals surface area (Å²) in [6.07, 6.45) is -4.58. The molecule has 0 radical (unpaired) electrons. The Labute approximate surface area is 76.7 Å². The van der Waals surface area contributed by atoms with Gasteiger partial charge in [0.05, 0.1) is 5.69 Å². The van der Waals surface area contributed by atoms with Crippen molar-refractivity contribution in [3.05, 3.63) is 17.0 Å². The second-order valence-electron chi connectivity index (χ2n) is 2.58. The minimum absolute atomic E-state index is 0.0233. The summed E-state index contributed by atoms with van der Waals surface area (Å²) in [6.45, 7) is 1.54. The van der Waals surface area contributed by atoms with E-state index >= 15 is 0 Å². The van der Waals surface area contributed by atoms with Crippen molar-refractivity contribution >= 4 is 5.97 Å². The molecule has 14 heavy (non-hydrogen) atoms. The zero-order valence-electron chi connectivity index (χ0n) is 7.14. The molecule has 0 aliphatic rings. The van der Waals surface area contributed by atoms with E-state index in [1.807, 2.05) is 0 Å². The van der Waals surface area contributed by atoms with Crippen molar-refractivity contribution in [2.24, 2.45) is 0 Å². The van der Waals surface area contributed by atoms with Crippen LogP contribution in [0.5, 0.6) is 0 Å². The molecule has 1 aromatic heterocycles. The van der Waals surface area contributed by atoms with Crippen molar-refractivity contribution in [3.63, 3.8) is 0 Å². The Morgan fingerprint density at radius 1 is 1.57 bits per heavy atom. The van der Waals surface area contributed by atoms with E-state index in [1.165, 1.54) is 0 Å². The summed E-state index contributed by atoms with van der Waals surface area (Å²) >= 11 is 0. The minimum Gasteiger partial charge on any atom is -0.478 e. The molecule has 0 aliphatic carbocycles. The van der Waals surface area contributed by atoms with Crippen molar-refractivity contribution in [2.75, 3.05) is 0 Å². The SMILES string of the molecule is CCc1[nH]nc(C(F)(F)F)c1C(=O)O. The molecule has 1 heterocycles. The quantitative estimate of drug-likeness (QED) is 0.777. The second kappa shape index (κ2) is 3.32. The van der Waals surface area contributed by atoms with Gasteiger partial charge >= 0.3 is 12.1 Å². The molecular weight excluding hydrogens is 201 g/mol. The lowest BCUT2D eigenvalue weighted by Gasteiger charge is -2.03. The molecule has 0 saturated heterocycles. The van der Waals surface area contributed by atoms with Gasteiger partial charge in [0.2, 0.25) is 0 Å². The predicted molar refractivity (Wildman–Crippen MR) is 39.9 cm³/mol. The van der Waals surface area contributed by atoms with Gasteiger partial charge < -0.3 is 5.11 Å². The highest BCUT2D eigenvalue weighted by Crippen LogP contribution is 2.31. The third-order valence-electron chi connectivity index (χ3n) is 1.68. The first kappa shape index (κ1) is 10.6. The molecule has 1 rings (SSSR count). The Hall–Kier alpha value is -1.53. The van der Waals surface area contributed by atoms with Gasteiger partial charge in [-0.3, -0.25) is 5.10 Å². The van der Waals surface area contributed by atoms with Crippen LogP contribution in [-0.2, 0) is 12.6 Å². The van der Waals surface area contributed by atoms with Crippen molar-refractivity contribution in [1.82, 2.24) is 10.2 Å². The van der Waals surface area contributed by atoms with Gasteiger partial charge in [-0.1, -0.05) is 6.92 Å². The number of carboxylic acids is 1. The predicted octanol–water partition coefficient (Wildman–Crippen LogP) is 1.69. The average Bonchev–Trinajstić information content (AvgIpc) is 2.45. The highest BCUT2D eigenvalue weighted by molar-refractivity contribution is 5.90. The molecule has 78 valence electrons. The lowest BCUT2D eigenvalue weighted by Crippen LogP contribution is -2.12. The lowest BCUT2D eigenvalue weighted by molar-refractivity contribution is -0.141. The smallest absolute Gasteiger partial charge is 0.436 e. The van der Waals surface area contributed by atoms with E-state index in [9.17, 15) is 18.0 Å². The summed E-state index contributed by atoms with van der Waals surface area (Å²) in [6, 6.07) is 0. The number of nitrogens with one attached hydrogen (secondary N) is 1. The second-order valence-corrected chi connectivity index (χ2v) is 2.58. The number of alkyl halides is 3. The van der Waals surface area contributed by atoms with E-state index in [0.717, 1.165) is 0 Å². The van der Waals surface area contributed by atoms with Crippen LogP contribution in [0.25, 0.3) is 0 Å². The molecule has 2 N–H and O–H groups in total. The fourth-order valence-corrected chi connectivity index (χ4v) is 1.07. The summed E-state index contributed by atoms with van der Waals surface area (Å²) in [4.78, 5) is 10.5. The normalized spacial score (nSPS) is 11.7. The molecule has 0 amide bonds. The first-order valence-corrected chi connectivity index (χ1v) is 3.75. The topological polar surface area (TPSA) is 66.0 Å². The number of carbonyl (C=O) groups is 1. The van der Waals surface area contributed by atoms with Crippen molar-refractivity contribution in [1.29, 1.82) is 0 Å². The van der Waals surface area contributed by atoms with E-state index in [1.54, 1.807) is 6.92 Å². The van der Waals surface area contributed by atoms with E-state index in [-0.39, 0.29) is 12.1 Å². The van der Waals surface area contributed by atoms with Gasteiger partial charge in [0.1, 0.15) is 5.56 Å². The Morgan fingerprint density at radius 2 is 2.14 bits per heavy atom. The maximum atomic E-state index is 12.2. The molecule has 7 heteroatoms. The first-order valence-electron chi connectivity index (χ1n) is 3.75. The largest absolute Gasteiger partial charge is 0.478 e. The van der Waals surface area contributed by atoms with Gasteiger partial charge in [-0.15, -0.1) is 0 Å². The molecular formula is C7H7F3N2O2. The third kappa shape index (κ3) is 1.70. The number of H-pyrrole nitrogens is 1. The van der Waals surface area contributed by atoms with E-state index in [2.05, 4.69) is 10.2 Å². The Balaban J connectivity index is 3.32. The lowest BCUT2D eigenvalue weighted by atomic mass is 10.1. The van der Waals surface area contributed by atoms with Crippen LogP contribution in [0.1, 0.15) is 28.7 Å². The average molecular weight is 208 g/mol. The summed E-state index contributed by atoms with van der Waals surface area (Å²) in [5.74, 6) is -1.62. The van der Waals surface area contributed by atoms with Crippen LogP contribution in [-0.4, -0.2) is 21.3 Å². The third-order valence-corrected chi connectivity index (χ3v) is 1.68. The van der Waals surface area contributed by atoms with Crippen molar-refractivity contribution in [2.45, 2.75) is 19.5 Å². The number of hydrogen-bond acceptors (Lipinski definition) is 2. The molecule has 4 nitrogen and oxygen atoms in total. The Kier molecular flexibility index (Phi) is 2.50. The van der Waals surface area contributed by atoms with Crippen molar-refractivity contribution in [3.8, 4) is 0 Å². The molecule has 0 aliphatic heterocycles. The van der Waals surface area contributed by atoms with Gasteiger partial charge in [0.25, 0.3) is 0 Å². The molecule has 0 spiro atoms. The molecule has 0 unspecified atom stereocenters. The highest BCUT2D eigenvalue weighted by atomic mass is 19.4. The van der Waals surface area contributed by atoms with Crippen LogP contribution >= 0.6 is 0 Å². The summed E-state index contributed by atoms with van der Waals surface area (Å²) in [7, 11) is 0. The van der Waals surface area contributed by atoms with Crippen LogP contribution in [0, 0.1) is 0 Å². The van der Waals surface area contributed by atoms with Gasteiger partial charge in [-0.2, -0.15) is 18.3 Å². The van der Waals surface area contributed by atoms with Gasteiger partial charge in [0, 0.05) is 0 Å². The molecule has 0 bridgehead atoms. The number of aromatic carboxylic acids is 1. The van der Waals surface area contributed by atoms with Crippen LogP contribution < -0.4 is 0 Å². The number of nitrogens with zero attached hydrogens (tertiary/aromatic N) is 1. The standard InChI is InChI=1S/C7H7F3N2O2/c1-2-3-4(6(13)14)5(12-11-3)7(8,9)10/h2H2,1H3,(H,11,12)(H,13,14). The number of hydrogen-bond donors (Lipinski definition) is 2. The molecule has 0 atom stereocenters. The summed E-state index contributed by atoms with van der Waals surface area (Å²) in [5.41, 5.74) is -2.19. The highest BCUT2D eigenvalue weighted by Gasteiger charge is 2.39. The van der Waals surface area contributed by atoms with E-state index in [0.29, 0.717) is 0 Å². The Bertz CT molecular complexity index is 356. The number of halogens is 3. The molecule has 1 aromatic rings. The fourth-order valence-electron chi connectivity index (χ4n) is 1.07. The van der Waals surface area contributed by atoms with Crippen LogP contribution in [0.15, 0.2) is 0 Å². The van der Waals surface area contributed by atoms with Crippen molar-refractivity contribution < 1.29 is 23.1 Å².